The van der Waals surface area contributed by atoms with Crippen LogP contribution in [0.2, 0.25) is 0 Å². The van der Waals surface area contributed by atoms with Crippen LogP contribution in [0.4, 0.5) is 0 Å². The molecule has 2 rings (SSSR count). The Bertz CT molecular complexity index is 554. The van der Waals surface area contributed by atoms with E-state index in [1.165, 1.54) is 16.9 Å². The van der Waals surface area contributed by atoms with Crippen molar-refractivity contribution in [3.8, 4) is 0 Å². The second-order valence-electron chi connectivity index (χ2n) is 4.88. The molecule has 0 amide bonds. The van der Waals surface area contributed by atoms with Gasteiger partial charge in [0, 0.05) is 19.5 Å². The van der Waals surface area contributed by atoms with E-state index in [1.54, 1.807) is 0 Å². The van der Waals surface area contributed by atoms with Gasteiger partial charge in [0.05, 0.1) is 11.0 Å². The van der Waals surface area contributed by atoms with Crippen LogP contribution in [-0.2, 0) is 13.0 Å². The minimum absolute atomic E-state index is 0.850. The van der Waals surface area contributed by atoms with Crippen molar-refractivity contribution in [2.24, 2.45) is 0 Å². The van der Waals surface area contributed by atoms with Crippen molar-refractivity contribution in [3.63, 3.8) is 0 Å². The summed E-state index contributed by atoms with van der Waals surface area (Å²) >= 11 is 0. The zero-order valence-corrected chi connectivity index (χ0v) is 11.9. The molecule has 0 radical (unpaired) electrons. The highest BCUT2D eigenvalue weighted by Gasteiger charge is 2.10. The van der Waals surface area contributed by atoms with Gasteiger partial charge in [-0.25, -0.2) is 4.98 Å². The fraction of sp³-hybridized carbons (Fsp3) is 0.438. The summed E-state index contributed by atoms with van der Waals surface area (Å²) in [6.07, 6.45) is 2.13. The molecule has 0 spiro atoms. The molecule has 0 aliphatic heterocycles. The minimum Gasteiger partial charge on any atom is -0.324 e. The molecule has 1 aromatic carbocycles. The number of benzene rings is 1. The number of nitrogens with zero attached hydrogens (tertiary/aromatic N) is 2. The Kier molecular flexibility index (Phi) is 4.74. The van der Waals surface area contributed by atoms with Gasteiger partial charge in [0.25, 0.3) is 0 Å². The fourth-order valence-electron chi connectivity index (χ4n) is 2.30. The standard InChI is InChI=1S/C16H23N3/c1-4-8-16-18-14-9-6-7-10-15(14)19(16)12-13(3)11-17-5-2/h6-7,9-10,17H,3-5,8,11-12H2,1-2H3. The van der Waals surface area contributed by atoms with Gasteiger partial charge >= 0.3 is 0 Å². The number of para-hydroxylation sites is 2. The van der Waals surface area contributed by atoms with Crippen LogP contribution in [0.15, 0.2) is 36.4 Å². The van der Waals surface area contributed by atoms with Gasteiger partial charge in [-0.1, -0.05) is 32.6 Å². The number of aromatic nitrogens is 2. The van der Waals surface area contributed by atoms with Crippen LogP contribution in [0.1, 0.15) is 26.1 Å². The Balaban J connectivity index is 2.28. The van der Waals surface area contributed by atoms with Gasteiger partial charge in [-0.2, -0.15) is 0 Å². The summed E-state index contributed by atoms with van der Waals surface area (Å²) < 4.78 is 2.30. The first-order valence-electron chi connectivity index (χ1n) is 7.07. The van der Waals surface area contributed by atoms with E-state index < -0.39 is 0 Å². The number of hydrogen-bond donors (Lipinski definition) is 1. The quantitative estimate of drug-likeness (QED) is 0.772. The number of imidazole rings is 1. The first-order chi connectivity index (χ1) is 9.26. The molecule has 0 unspecified atom stereocenters. The maximum absolute atomic E-state index is 4.74. The van der Waals surface area contributed by atoms with Gasteiger partial charge in [0.15, 0.2) is 0 Å². The van der Waals surface area contributed by atoms with Crippen molar-refractivity contribution >= 4 is 11.0 Å². The lowest BCUT2D eigenvalue weighted by Crippen LogP contribution is -2.18. The molecule has 0 bridgehead atoms. The van der Waals surface area contributed by atoms with Gasteiger partial charge in [0.1, 0.15) is 5.82 Å². The SMILES string of the molecule is C=C(CNCC)Cn1c(CCC)nc2ccccc21. The highest BCUT2D eigenvalue weighted by molar-refractivity contribution is 5.76. The van der Waals surface area contributed by atoms with E-state index >= 15 is 0 Å². The highest BCUT2D eigenvalue weighted by Crippen LogP contribution is 2.18. The predicted octanol–water partition coefficient (Wildman–Crippen LogP) is 3.15. The molecule has 1 N–H and O–H groups in total. The molecule has 0 aliphatic carbocycles. The molecule has 19 heavy (non-hydrogen) atoms. The van der Waals surface area contributed by atoms with Crippen LogP contribution in [0.25, 0.3) is 11.0 Å². The summed E-state index contributed by atoms with van der Waals surface area (Å²) in [5.74, 6) is 1.17. The topological polar surface area (TPSA) is 29.9 Å². The molecule has 3 heteroatoms. The second kappa shape index (κ2) is 6.53. The minimum atomic E-state index is 0.850. The molecule has 1 heterocycles. The van der Waals surface area contributed by atoms with Gasteiger partial charge < -0.3 is 9.88 Å². The maximum atomic E-state index is 4.74. The average molecular weight is 257 g/mol. The van der Waals surface area contributed by atoms with E-state index in [0.29, 0.717) is 0 Å². The van der Waals surface area contributed by atoms with E-state index in [1.807, 2.05) is 6.07 Å². The molecule has 0 aliphatic rings. The lowest BCUT2D eigenvalue weighted by atomic mass is 10.2. The smallest absolute Gasteiger partial charge is 0.110 e. The lowest BCUT2D eigenvalue weighted by Gasteiger charge is -2.11. The molecule has 2 aromatic rings. The predicted molar refractivity (Wildman–Crippen MR) is 81.4 cm³/mol. The van der Waals surface area contributed by atoms with E-state index in [-0.39, 0.29) is 0 Å². The van der Waals surface area contributed by atoms with Gasteiger partial charge in [-0.3, -0.25) is 0 Å². The van der Waals surface area contributed by atoms with Crippen molar-refractivity contribution in [3.05, 3.63) is 42.2 Å². The van der Waals surface area contributed by atoms with Crippen molar-refractivity contribution in [1.82, 2.24) is 14.9 Å². The van der Waals surface area contributed by atoms with E-state index in [9.17, 15) is 0 Å². The van der Waals surface area contributed by atoms with Crippen LogP contribution in [-0.4, -0.2) is 22.6 Å². The zero-order valence-electron chi connectivity index (χ0n) is 11.9. The van der Waals surface area contributed by atoms with Crippen LogP contribution in [0, 0.1) is 0 Å². The summed E-state index contributed by atoms with van der Waals surface area (Å²) in [5, 5.41) is 3.33. The lowest BCUT2D eigenvalue weighted by molar-refractivity contribution is 0.677. The summed E-state index contributed by atoms with van der Waals surface area (Å²) in [7, 11) is 0. The molecule has 0 saturated heterocycles. The molecular formula is C16H23N3. The molecule has 0 fully saturated rings. The van der Waals surface area contributed by atoms with Gasteiger partial charge in [-0.05, 0) is 30.7 Å². The number of likely N-dealkylation sites (N-methyl/N-ethyl adjacent to an activating group) is 1. The second-order valence-corrected chi connectivity index (χ2v) is 4.88. The van der Waals surface area contributed by atoms with Gasteiger partial charge in [0.2, 0.25) is 0 Å². The molecule has 0 saturated carbocycles. The molecule has 0 atom stereocenters. The molecule has 102 valence electrons. The van der Waals surface area contributed by atoms with Crippen molar-refractivity contribution < 1.29 is 0 Å². The number of fused-ring (bicyclic) bond motifs is 1. The first kappa shape index (κ1) is 13.8. The van der Waals surface area contributed by atoms with E-state index in [0.717, 1.165) is 38.0 Å². The van der Waals surface area contributed by atoms with Crippen LogP contribution in [0.3, 0.4) is 0 Å². The third-order valence-electron chi connectivity index (χ3n) is 3.21. The Labute approximate surface area is 115 Å². The highest BCUT2D eigenvalue weighted by atomic mass is 15.1. The van der Waals surface area contributed by atoms with E-state index in [4.69, 9.17) is 4.98 Å². The normalized spacial score (nSPS) is 11.1. The van der Waals surface area contributed by atoms with Gasteiger partial charge in [-0.15, -0.1) is 0 Å². The summed E-state index contributed by atoms with van der Waals surface area (Å²) in [6, 6.07) is 8.34. The molecular weight excluding hydrogens is 234 g/mol. The Morgan fingerprint density at radius 1 is 1.32 bits per heavy atom. The number of rotatable bonds is 7. The fourth-order valence-corrected chi connectivity index (χ4v) is 2.30. The Morgan fingerprint density at radius 3 is 2.84 bits per heavy atom. The van der Waals surface area contributed by atoms with Crippen molar-refractivity contribution in [1.29, 1.82) is 0 Å². The number of hydrogen-bond acceptors (Lipinski definition) is 2. The zero-order chi connectivity index (χ0) is 13.7. The molecule has 3 nitrogen and oxygen atoms in total. The third kappa shape index (κ3) is 3.24. The Morgan fingerprint density at radius 2 is 2.11 bits per heavy atom. The molecule has 1 aromatic heterocycles. The first-order valence-corrected chi connectivity index (χ1v) is 7.07. The van der Waals surface area contributed by atoms with Crippen LogP contribution >= 0.6 is 0 Å². The summed E-state index contributed by atoms with van der Waals surface area (Å²) in [5.41, 5.74) is 3.49. The number of aryl methyl sites for hydroxylation is 1. The van der Waals surface area contributed by atoms with E-state index in [2.05, 4.69) is 48.5 Å². The maximum Gasteiger partial charge on any atom is 0.110 e. The number of nitrogens with one attached hydrogen (secondary N) is 1. The Hall–Kier alpha value is -1.61. The van der Waals surface area contributed by atoms with Crippen LogP contribution < -0.4 is 5.32 Å². The average Bonchev–Trinajstić information content (AvgIpc) is 2.75. The summed E-state index contributed by atoms with van der Waals surface area (Å²) in [6.45, 7) is 11.2. The summed E-state index contributed by atoms with van der Waals surface area (Å²) in [4.78, 5) is 4.74. The third-order valence-corrected chi connectivity index (χ3v) is 3.21. The monoisotopic (exact) mass is 257 g/mol. The largest absolute Gasteiger partial charge is 0.324 e. The van der Waals surface area contributed by atoms with Crippen LogP contribution in [0.5, 0.6) is 0 Å². The van der Waals surface area contributed by atoms with Crippen molar-refractivity contribution in [2.45, 2.75) is 33.2 Å². The van der Waals surface area contributed by atoms with Crippen molar-refractivity contribution in [2.75, 3.05) is 13.1 Å².